The molecule has 0 bridgehead atoms. The monoisotopic (exact) mass is 387 g/mol. The number of methoxy groups -OCH3 is 1. The molecule has 6 heteroatoms. The normalized spacial score (nSPS) is 10.5. The minimum absolute atomic E-state index is 0.667. The molecule has 0 aliphatic carbocycles. The molecule has 4 nitrogen and oxygen atoms in total. The van der Waals surface area contributed by atoms with Crippen molar-refractivity contribution >= 4 is 54.9 Å². The van der Waals surface area contributed by atoms with Crippen LogP contribution in [0.15, 0.2) is 21.7 Å². The quantitative estimate of drug-likeness (QED) is 0.819. The Morgan fingerprint density at radius 3 is 2.68 bits per heavy atom. The highest BCUT2D eigenvalue weighted by molar-refractivity contribution is 9.28. The van der Waals surface area contributed by atoms with Gasteiger partial charge in [-0.3, -0.25) is 4.57 Å². The first kappa shape index (κ1) is 14.1. The topological polar surface area (TPSA) is 51.5 Å². The molecule has 0 amide bonds. The van der Waals surface area contributed by atoms with Crippen molar-refractivity contribution in [3.05, 3.63) is 32.8 Å². The van der Waals surface area contributed by atoms with Crippen molar-refractivity contribution in [1.29, 1.82) is 0 Å². The van der Waals surface area contributed by atoms with Crippen LogP contribution in [0.1, 0.15) is 11.1 Å². The number of carbonyl (C=O) groups is 1. The number of benzene rings is 1. The molecule has 1 aromatic carbocycles. The molecule has 0 saturated heterocycles. The fourth-order valence-electron chi connectivity index (χ4n) is 2.11. The number of nitrogens with zero attached hydrogens (tertiary/aromatic N) is 1. The van der Waals surface area contributed by atoms with Crippen molar-refractivity contribution in [2.75, 3.05) is 7.11 Å². The first-order valence-electron chi connectivity index (χ1n) is 5.40. The molecule has 1 aromatic heterocycles. The summed E-state index contributed by atoms with van der Waals surface area (Å²) in [5.74, 6) is 0.699. The maximum Gasteiger partial charge on any atom is 0.416 e. The average Bonchev–Trinajstić information content (AvgIpc) is 2.77. The Balaban J connectivity index is 2.89. The van der Waals surface area contributed by atoms with Crippen LogP contribution < -0.4 is 4.74 Å². The second kappa shape index (κ2) is 5.38. The van der Waals surface area contributed by atoms with Gasteiger partial charge in [-0.2, -0.15) is 0 Å². The fraction of sp³-hybridized carbons (Fsp3) is 0.154. The van der Waals surface area contributed by atoms with Crippen molar-refractivity contribution in [2.45, 2.75) is 6.92 Å². The smallest absolute Gasteiger partial charge is 0.416 e. The first-order chi connectivity index (χ1) is 8.95. The van der Waals surface area contributed by atoms with Gasteiger partial charge < -0.3 is 9.84 Å². The van der Waals surface area contributed by atoms with Crippen molar-refractivity contribution < 1.29 is 14.6 Å². The second-order valence-electron chi connectivity index (χ2n) is 3.97. The molecule has 0 fully saturated rings. The van der Waals surface area contributed by atoms with Gasteiger partial charge in [0.25, 0.3) is 0 Å². The number of aromatic nitrogens is 1. The van der Waals surface area contributed by atoms with Crippen LogP contribution in [-0.2, 0) is 0 Å². The number of hydrogen-bond acceptors (Lipinski definition) is 2. The Kier molecular flexibility index (Phi) is 4.01. The molecule has 0 spiro atoms. The number of ether oxygens (including phenoxy) is 1. The van der Waals surface area contributed by atoms with Gasteiger partial charge in [0.15, 0.2) is 0 Å². The number of rotatable bonds is 2. The fourth-order valence-corrected chi connectivity index (χ4v) is 2.57. The molecule has 1 heterocycles. The predicted octanol–water partition coefficient (Wildman–Crippen LogP) is 4.57. The summed E-state index contributed by atoms with van der Waals surface area (Å²) in [6, 6.07) is 3.60. The summed E-state index contributed by atoms with van der Waals surface area (Å²) in [5.41, 5.74) is 2.34. The van der Waals surface area contributed by atoms with E-state index in [1.54, 1.807) is 19.4 Å². The van der Waals surface area contributed by atoms with Gasteiger partial charge in [0.05, 0.1) is 16.0 Å². The van der Waals surface area contributed by atoms with Gasteiger partial charge in [-0.15, -0.1) is 0 Å². The lowest BCUT2D eigenvalue weighted by atomic mass is 10.1. The summed E-state index contributed by atoms with van der Waals surface area (Å²) in [7, 11) is 1.59. The summed E-state index contributed by atoms with van der Waals surface area (Å²) < 4.78 is 7.33. The zero-order valence-electron chi connectivity index (χ0n) is 10.3. The van der Waals surface area contributed by atoms with Crippen LogP contribution in [0.2, 0.25) is 0 Å². The standard InChI is InChI=1S/C13H11Br2NO3/c1-7-5-10(19-2)9(6-11(14)15)8-3-4-16(12(7)8)13(17)18/h3-6H,1-2H3,(H,17,18). The van der Waals surface area contributed by atoms with E-state index in [2.05, 4.69) is 31.9 Å². The molecule has 0 aliphatic rings. The molecule has 0 saturated carbocycles. The van der Waals surface area contributed by atoms with Crippen molar-refractivity contribution in [3.63, 3.8) is 0 Å². The van der Waals surface area contributed by atoms with Crippen LogP contribution in [0.25, 0.3) is 17.0 Å². The lowest BCUT2D eigenvalue weighted by molar-refractivity contribution is 0.197. The van der Waals surface area contributed by atoms with Gasteiger partial charge in [0.1, 0.15) is 5.75 Å². The van der Waals surface area contributed by atoms with Crippen molar-refractivity contribution in [3.8, 4) is 5.75 Å². The van der Waals surface area contributed by atoms with E-state index in [-0.39, 0.29) is 0 Å². The highest BCUT2D eigenvalue weighted by atomic mass is 79.9. The number of hydrogen-bond donors (Lipinski definition) is 1. The largest absolute Gasteiger partial charge is 0.496 e. The van der Waals surface area contributed by atoms with Crippen LogP contribution in [0.4, 0.5) is 4.79 Å². The Morgan fingerprint density at radius 1 is 1.47 bits per heavy atom. The Labute approximate surface area is 126 Å². The number of fused-ring (bicyclic) bond motifs is 1. The number of aryl methyl sites for hydroxylation is 1. The number of halogens is 2. The van der Waals surface area contributed by atoms with E-state index in [4.69, 9.17) is 4.74 Å². The van der Waals surface area contributed by atoms with Gasteiger partial charge in [0, 0.05) is 17.1 Å². The molecular formula is C13H11Br2NO3. The van der Waals surface area contributed by atoms with E-state index in [9.17, 15) is 9.90 Å². The van der Waals surface area contributed by atoms with Crippen LogP contribution in [0.3, 0.4) is 0 Å². The molecule has 2 rings (SSSR count). The molecule has 100 valence electrons. The highest BCUT2D eigenvalue weighted by Crippen LogP contribution is 2.35. The predicted molar refractivity (Wildman–Crippen MR) is 82.5 cm³/mol. The van der Waals surface area contributed by atoms with Gasteiger partial charge in [-0.1, -0.05) is 0 Å². The van der Waals surface area contributed by atoms with Crippen LogP contribution in [0, 0.1) is 6.92 Å². The molecule has 0 radical (unpaired) electrons. The molecule has 2 aromatic rings. The Bertz CT molecular complexity index is 685. The SMILES string of the molecule is COc1cc(C)c2c(ccn2C(=O)O)c1C=C(Br)Br. The lowest BCUT2D eigenvalue weighted by Gasteiger charge is -2.10. The van der Waals surface area contributed by atoms with Crippen LogP contribution in [-0.4, -0.2) is 22.9 Å². The lowest BCUT2D eigenvalue weighted by Crippen LogP contribution is -2.06. The van der Waals surface area contributed by atoms with Gasteiger partial charge in [-0.05, 0) is 62.6 Å². The molecule has 0 aliphatic heterocycles. The third kappa shape index (κ3) is 2.55. The van der Waals surface area contributed by atoms with Gasteiger partial charge in [0.2, 0.25) is 0 Å². The van der Waals surface area contributed by atoms with Crippen molar-refractivity contribution in [1.82, 2.24) is 4.57 Å². The minimum Gasteiger partial charge on any atom is -0.496 e. The van der Waals surface area contributed by atoms with E-state index < -0.39 is 6.09 Å². The first-order valence-corrected chi connectivity index (χ1v) is 6.99. The van der Waals surface area contributed by atoms with E-state index in [0.717, 1.165) is 19.9 Å². The van der Waals surface area contributed by atoms with Crippen molar-refractivity contribution in [2.24, 2.45) is 0 Å². The maximum absolute atomic E-state index is 11.2. The highest BCUT2D eigenvalue weighted by Gasteiger charge is 2.15. The summed E-state index contributed by atoms with van der Waals surface area (Å²) >= 11 is 6.63. The second-order valence-corrected chi connectivity index (χ2v) is 6.75. The summed E-state index contributed by atoms with van der Waals surface area (Å²) in [5, 5.41) is 10.0. The third-order valence-electron chi connectivity index (χ3n) is 2.84. The number of carboxylic acid groups (broad SMARTS) is 1. The van der Waals surface area contributed by atoms with E-state index in [1.165, 1.54) is 4.57 Å². The molecule has 1 N–H and O–H groups in total. The van der Waals surface area contributed by atoms with E-state index in [1.807, 2.05) is 19.1 Å². The minimum atomic E-state index is -1.00. The summed E-state index contributed by atoms with van der Waals surface area (Å²) in [6.45, 7) is 1.86. The summed E-state index contributed by atoms with van der Waals surface area (Å²) in [6.07, 6.45) is 2.38. The third-order valence-corrected chi connectivity index (χ3v) is 3.30. The molecular weight excluding hydrogens is 378 g/mol. The Hall–Kier alpha value is -1.27. The molecule has 0 atom stereocenters. The van der Waals surface area contributed by atoms with Crippen LogP contribution >= 0.6 is 31.9 Å². The van der Waals surface area contributed by atoms with E-state index in [0.29, 0.717) is 11.3 Å². The van der Waals surface area contributed by atoms with Gasteiger partial charge >= 0.3 is 6.09 Å². The Morgan fingerprint density at radius 2 is 2.16 bits per heavy atom. The average molecular weight is 389 g/mol. The molecule has 19 heavy (non-hydrogen) atoms. The van der Waals surface area contributed by atoms with E-state index >= 15 is 0 Å². The molecule has 0 unspecified atom stereocenters. The zero-order chi connectivity index (χ0) is 14.2. The van der Waals surface area contributed by atoms with Gasteiger partial charge in [-0.25, -0.2) is 4.79 Å². The van der Waals surface area contributed by atoms with Crippen LogP contribution in [0.5, 0.6) is 5.75 Å². The summed E-state index contributed by atoms with van der Waals surface area (Å²) in [4.78, 5) is 11.2. The zero-order valence-corrected chi connectivity index (χ0v) is 13.4. The maximum atomic E-state index is 11.2.